The summed E-state index contributed by atoms with van der Waals surface area (Å²) >= 11 is 0. The van der Waals surface area contributed by atoms with Crippen molar-refractivity contribution in [2.45, 2.75) is 25.2 Å². The normalized spacial score (nSPS) is 12.4. The number of nitrogen functional groups attached to an aromatic ring is 1. The molecule has 1 aromatic carbocycles. The molecule has 0 atom stereocenters. The number of benzene rings is 1. The molecule has 0 amide bonds. The summed E-state index contributed by atoms with van der Waals surface area (Å²) in [7, 11) is -2.12. The second-order valence-corrected chi connectivity index (χ2v) is 7.33. The van der Waals surface area contributed by atoms with Gasteiger partial charge in [-0.15, -0.1) is 0 Å². The van der Waals surface area contributed by atoms with Crippen molar-refractivity contribution >= 4 is 21.4 Å². The highest BCUT2D eigenvalue weighted by atomic mass is 32.2. The number of rotatable bonds is 7. The molecule has 0 saturated heterocycles. The molecule has 0 spiro atoms. The Hall–Kier alpha value is -1.31. The van der Waals surface area contributed by atoms with Gasteiger partial charge in [-0.2, -0.15) is 0 Å². The number of nitrogens with two attached hydrogens (primary N) is 1. The predicted molar refractivity (Wildman–Crippen MR) is 81.1 cm³/mol. The lowest BCUT2D eigenvalue weighted by Crippen LogP contribution is -2.25. The summed E-state index contributed by atoms with van der Waals surface area (Å²) in [6.45, 7) is 4.72. The van der Waals surface area contributed by atoms with E-state index >= 15 is 0 Å². The molecule has 0 fully saturated rings. The third-order valence-corrected chi connectivity index (χ3v) is 4.56. The van der Waals surface area contributed by atoms with Crippen LogP contribution in [-0.4, -0.2) is 33.7 Å². The Kier molecular flexibility index (Phi) is 5.38. The minimum Gasteiger partial charge on any atom is -0.397 e. The van der Waals surface area contributed by atoms with Gasteiger partial charge in [-0.25, -0.2) is 13.1 Å². The highest BCUT2D eigenvalue weighted by Gasteiger charge is 2.18. The monoisotopic (exact) mass is 301 g/mol. The van der Waals surface area contributed by atoms with Crippen LogP contribution in [0.4, 0.5) is 11.4 Å². The second kappa shape index (κ2) is 6.43. The van der Waals surface area contributed by atoms with E-state index in [9.17, 15) is 8.42 Å². The molecule has 1 aromatic rings. The summed E-state index contributed by atoms with van der Waals surface area (Å²) in [5, 5.41) is 12.1. The van der Waals surface area contributed by atoms with E-state index in [-0.39, 0.29) is 16.9 Å². The van der Waals surface area contributed by atoms with Gasteiger partial charge in [0, 0.05) is 13.2 Å². The zero-order chi connectivity index (χ0) is 15.4. The summed E-state index contributed by atoms with van der Waals surface area (Å²) in [4.78, 5) is 0.164. The van der Waals surface area contributed by atoms with Crippen LogP contribution in [0.15, 0.2) is 23.1 Å². The molecule has 0 unspecified atom stereocenters. The van der Waals surface area contributed by atoms with Crippen molar-refractivity contribution < 1.29 is 13.5 Å². The van der Waals surface area contributed by atoms with Crippen LogP contribution in [0.1, 0.15) is 20.3 Å². The largest absolute Gasteiger partial charge is 0.397 e. The van der Waals surface area contributed by atoms with Crippen molar-refractivity contribution in [1.82, 2.24) is 4.72 Å². The first-order valence-corrected chi connectivity index (χ1v) is 7.88. The summed E-state index contributed by atoms with van der Waals surface area (Å²) in [6.07, 6.45) is 0.647. The Morgan fingerprint density at radius 3 is 2.55 bits per heavy atom. The standard InChI is InChI=1S/C13H23N3O3S/c1-13(2,6-7-17)9-16-12-8-10(4-5-11(12)14)20(18,19)15-3/h4-5,8,15-17H,6-7,9,14H2,1-3H3. The molecule has 6 nitrogen and oxygen atoms in total. The summed E-state index contributed by atoms with van der Waals surface area (Å²) in [6, 6.07) is 4.53. The Morgan fingerprint density at radius 2 is 2.00 bits per heavy atom. The molecule has 114 valence electrons. The highest BCUT2D eigenvalue weighted by molar-refractivity contribution is 7.89. The van der Waals surface area contributed by atoms with E-state index in [1.165, 1.54) is 19.2 Å². The van der Waals surface area contributed by atoms with Crippen LogP contribution in [0.25, 0.3) is 0 Å². The van der Waals surface area contributed by atoms with Gasteiger partial charge >= 0.3 is 0 Å². The van der Waals surface area contributed by atoms with Gasteiger partial charge in [0.2, 0.25) is 10.0 Å². The van der Waals surface area contributed by atoms with Gasteiger partial charge in [-0.3, -0.25) is 0 Å². The molecule has 1 rings (SSSR count). The van der Waals surface area contributed by atoms with Gasteiger partial charge in [-0.1, -0.05) is 13.8 Å². The van der Waals surface area contributed by atoms with Crippen molar-refractivity contribution in [3.05, 3.63) is 18.2 Å². The average molecular weight is 301 g/mol. The van der Waals surface area contributed by atoms with E-state index < -0.39 is 10.0 Å². The predicted octanol–water partition coefficient (Wildman–Crippen LogP) is 0.997. The molecule has 5 N–H and O–H groups in total. The van der Waals surface area contributed by atoms with Crippen molar-refractivity contribution in [3.8, 4) is 0 Å². The van der Waals surface area contributed by atoms with Crippen molar-refractivity contribution in [3.63, 3.8) is 0 Å². The fourth-order valence-electron chi connectivity index (χ4n) is 1.70. The smallest absolute Gasteiger partial charge is 0.240 e. The van der Waals surface area contributed by atoms with E-state index in [0.29, 0.717) is 24.3 Å². The van der Waals surface area contributed by atoms with Gasteiger partial charge in [0.15, 0.2) is 0 Å². The van der Waals surface area contributed by atoms with Crippen LogP contribution in [0.2, 0.25) is 0 Å². The molecule has 20 heavy (non-hydrogen) atoms. The average Bonchev–Trinajstić information content (AvgIpc) is 2.37. The first-order chi connectivity index (χ1) is 9.22. The molecule has 7 heteroatoms. The molecule has 0 bridgehead atoms. The molecule has 0 aliphatic rings. The minimum atomic E-state index is -3.49. The van der Waals surface area contributed by atoms with Crippen molar-refractivity contribution in [2.24, 2.45) is 5.41 Å². The quantitative estimate of drug-likeness (QED) is 0.562. The van der Waals surface area contributed by atoms with Gasteiger partial charge in [-0.05, 0) is 37.1 Å². The van der Waals surface area contributed by atoms with Crippen molar-refractivity contribution in [1.29, 1.82) is 0 Å². The van der Waals surface area contributed by atoms with Gasteiger partial charge in [0.1, 0.15) is 0 Å². The van der Waals surface area contributed by atoms with Crippen LogP contribution >= 0.6 is 0 Å². The number of sulfonamides is 1. The molecule has 0 aromatic heterocycles. The molecule has 0 radical (unpaired) electrons. The van der Waals surface area contributed by atoms with Crippen molar-refractivity contribution in [2.75, 3.05) is 31.2 Å². The maximum absolute atomic E-state index is 11.8. The Bertz CT molecular complexity index is 556. The van der Waals surface area contributed by atoms with Crippen LogP contribution in [0.5, 0.6) is 0 Å². The van der Waals surface area contributed by atoms with Crippen LogP contribution in [0.3, 0.4) is 0 Å². The number of aliphatic hydroxyl groups excluding tert-OH is 1. The number of nitrogens with one attached hydrogen (secondary N) is 2. The van der Waals surface area contributed by atoms with E-state index in [2.05, 4.69) is 10.0 Å². The first-order valence-electron chi connectivity index (χ1n) is 6.40. The van der Waals surface area contributed by atoms with Crippen LogP contribution in [-0.2, 0) is 10.0 Å². The topological polar surface area (TPSA) is 104 Å². The lowest BCUT2D eigenvalue weighted by atomic mass is 9.89. The van der Waals surface area contributed by atoms with Crippen LogP contribution < -0.4 is 15.8 Å². The maximum Gasteiger partial charge on any atom is 0.240 e. The summed E-state index contributed by atoms with van der Waals surface area (Å²) in [5.41, 5.74) is 6.80. The fraction of sp³-hybridized carbons (Fsp3) is 0.538. The Labute approximate surface area is 120 Å². The molecule has 0 aliphatic carbocycles. The summed E-state index contributed by atoms with van der Waals surface area (Å²) in [5.74, 6) is 0. The molecular weight excluding hydrogens is 278 g/mol. The van der Waals surface area contributed by atoms with E-state index in [1.54, 1.807) is 6.07 Å². The summed E-state index contributed by atoms with van der Waals surface area (Å²) < 4.78 is 25.8. The van der Waals surface area contributed by atoms with E-state index in [4.69, 9.17) is 10.8 Å². The second-order valence-electron chi connectivity index (χ2n) is 5.45. The van der Waals surface area contributed by atoms with Gasteiger partial charge < -0.3 is 16.2 Å². The number of hydrogen-bond acceptors (Lipinski definition) is 5. The Balaban J connectivity index is 2.93. The van der Waals surface area contributed by atoms with E-state index in [1.807, 2.05) is 13.8 Å². The molecule has 0 saturated carbocycles. The fourth-order valence-corrected chi connectivity index (χ4v) is 2.45. The number of hydrogen-bond donors (Lipinski definition) is 4. The maximum atomic E-state index is 11.8. The first kappa shape index (κ1) is 16.7. The number of aliphatic hydroxyl groups is 1. The lowest BCUT2D eigenvalue weighted by molar-refractivity contribution is 0.220. The van der Waals surface area contributed by atoms with Gasteiger partial charge in [0.05, 0.1) is 16.3 Å². The van der Waals surface area contributed by atoms with Crippen LogP contribution in [0, 0.1) is 5.41 Å². The zero-order valence-corrected chi connectivity index (χ0v) is 12.9. The highest BCUT2D eigenvalue weighted by Crippen LogP contribution is 2.26. The molecule has 0 heterocycles. The third kappa shape index (κ3) is 4.36. The molecular formula is C13H23N3O3S. The zero-order valence-electron chi connectivity index (χ0n) is 12.1. The Morgan fingerprint density at radius 1 is 1.35 bits per heavy atom. The number of anilines is 2. The SMILES string of the molecule is CNS(=O)(=O)c1ccc(N)c(NCC(C)(C)CCO)c1. The van der Waals surface area contributed by atoms with E-state index in [0.717, 1.165) is 0 Å². The molecule has 0 aliphatic heterocycles. The third-order valence-electron chi connectivity index (χ3n) is 3.15. The lowest BCUT2D eigenvalue weighted by Gasteiger charge is -2.25. The van der Waals surface area contributed by atoms with Gasteiger partial charge in [0.25, 0.3) is 0 Å². The minimum absolute atomic E-state index is 0.109.